The molecule has 3 aromatic rings. The fourth-order valence-electron chi connectivity index (χ4n) is 5.94. The van der Waals surface area contributed by atoms with Crippen molar-refractivity contribution in [3.63, 3.8) is 0 Å². The fraction of sp³-hybridized carbons (Fsp3) is 0.475. The molecule has 3 N–H and O–H groups in total. The number of hydrogen-bond donors (Lipinski definition) is 3. The standard InChI is InChI=1S/C40H53FN4O7/c1-39(2,3)31(23-35(48)51-7)37(49)44-45(24-27-12-16-28(17-13-27)32-11-9-10-20-42-32)25-34(47)29(21-26-14-18-30(41)19-15-26)22-33(46)36(40(4,5)6)43-38(50)52-8/h9-20,29,31,34,36,47H,21-25H2,1-8H3,(H,43,50)(H,44,49)/t29-,31-,34+,36-/m1/s1. The molecular formula is C40H53FN4O7. The largest absolute Gasteiger partial charge is 0.469 e. The lowest BCUT2D eigenvalue weighted by molar-refractivity contribution is -0.148. The van der Waals surface area contributed by atoms with Gasteiger partial charge < -0.3 is 19.9 Å². The van der Waals surface area contributed by atoms with Gasteiger partial charge >= 0.3 is 12.1 Å². The monoisotopic (exact) mass is 720 g/mol. The number of pyridine rings is 1. The van der Waals surface area contributed by atoms with E-state index < -0.39 is 58.6 Å². The molecule has 1 aromatic heterocycles. The van der Waals surface area contributed by atoms with E-state index in [4.69, 9.17) is 9.47 Å². The van der Waals surface area contributed by atoms with Crippen LogP contribution in [0.15, 0.2) is 72.9 Å². The van der Waals surface area contributed by atoms with Gasteiger partial charge in [-0.05, 0) is 58.6 Å². The zero-order valence-corrected chi connectivity index (χ0v) is 31.4. The molecule has 2 aromatic carbocycles. The number of aliphatic hydroxyl groups excluding tert-OH is 1. The summed E-state index contributed by atoms with van der Waals surface area (Å²) in [6.45, 7) is 11.1. The Bertz CT molecular complexity index is 1620. The van der Waals surface area contributed by atoms with Gasteiger partial charge in [0, 0.05) is 31.3 Å². The molecule has 0 unspecified atom stereocenters. The highest BCUT2D eigenvalue weighted by atomic mass is 19.1. The smallest absolute Gasteiger partial charge is 0.407 e. The Morgan fingerprint density at radius 3 is 2.02 bits per heavy atom. The van der Waals surface area contributed by atoms with Crippen molar-refractivity contribution in [3.05, 3.63) is 89.9 Å². The number of ether oxygens (including phenoxy) is 2. The van der Waals surface area contributed by atoms with Gasteiger partial charge in [-0.25, -0.2) is 14.2 Å². The van der Waals surface area contributed by atoms with E-state index >= 15 is 0 Å². The summed E-state index contributed by atoms with van der Waals surface area (Å²) in [6, 6.07) is 18.2. The van der Waals surface area contributed by atoms with E-state index in [1.165, 1.54) is 26.4 Å². The first-order chi connectivity index (χ1) is 24.4. The van der Waals surface area contributed by atoms with E-state index in [0.29, 0.717) is 5.56 Å². The second kappa shape index (κ2) is 18.7. The fourth-order valence-corrected chi connectivity index (χ4v) is 5.94. The zero-order chi connectivity index (χ0) is 38.6. The number of nitrogens with one attached hydrogen (secondary N) is 2. The SMILES string of the molecule is COC(=O)C[C@H](C(=O)NN(Cc1ccc(-c2ccccn2)cc1)C[C@H](O)[C@@H](CC(=O)[C@@H](NC(=O)OC)C(C)(C)C)Cc1ccc(F)cc1)C(C)(C)C. The molecule has 282 valence electrons. The number of carbonyl (C=O) groups is 4. The number of hydrazine groups is 1. The van der Waals surface area contributed by atoms with Crippen LogP contribution < -0.4 is 10.7 Å². The molecule has 0 fully saturated rings. The summed E-state index contributed by atoms with van der Waals surface area (Å²) in [5.74, 6) is -3.18. The lowest BCUT2D eigenvalue weighted by atomic mass is 9.78. The van der Waals surface area contributed by atoms with Gasteiger partial charge in [-0.2, -0.15) is 0 Å². The predicted octanol–water partition coefficient (Wildman–Crippen LogP) is 5.90. The van der Waals surface area contributed by atoms with Crippen LogP contribution in [0.2, 0.25) is 0 Å². The number of carbonyl (C=O) groups excluding carboxylic acids is 4. The second-order valence-corrected chi connectivity index (χ2v) is 15.2. The average molecular weight is 721 g/mol. The van der Waals surface area contributed by atoms with E-state index in [9.17, 15) is 28.7 Å². The van der Waals surface area contributed by atoms with Gasteiger partial charge in [-0.1, -0.05) is 84.0 Å². The summed E-state index contributed by atoms with van der Waals surface area (Å²) in [5, 5.41) is 16.1. The van der Waals surface area contributed by atoms with Crippen molar-refractivity contribution >= 4 is 23.8 Å². The zero-order valence-electron chi connectivity index (χ0n) is 31.4. The molecule has 3 rings (SSSR count). The molecule has 2 amide bonds. The Kier molecular flexibility index (Phi) is 15.0. The number of alkyl carbamates (subject to hydrolysis) is 1. The quantitative estimate of drug-likeness (QED) is 0.122. The van der Waals surface area contributed by atoms with Crippen molar-refractivity contribution in [2.45, 2.75) is 79.5 Å². The van der Waals surface area contributed by atoms with Crippen molar-refractivity contribution in [1.29, 1.82) is 0 Å². The van der Waals surface area contributed by atoms with Gasteiger partial charge in [0.2, 0.25) is 5.91 Å². The van der Waals surface area contributed by atoms with Crippen LogP contribution in [0.3, 0.4) is 0 Å². The molecule has 0 saturated carbocycles. The maximum absolute atomic E-state index is 13.9. The normalized spacial score (nSPS) is 14.1. The maximum Gasteiger partial charge on any atom is 0.407 e. The molecule has 12 heteroatoms. The molecule has 4 atom stereocenters. The van der Waals surface area contributed by atoms with Crippen molar-refractivity contribution < 1.29 is 38.1 Å². The summed E-state index contributed by atoms with van der Waals surface area (Å²) in [5.41, 5.74) is 4.86. The molecular weight excluding hydrogens is 667 g/mol. The number of amides is 2. The van der Waals surface area contributed by atoms with Crippen LogP contribution in [0, 0.1) is 28.5 Å². The van der Waals surface area contributed by atoms with Gasteiger partial charge in [-0.3, -0.25) is 24.8 Å². The number of methoxy groups -OCH3 is 2. The molecule has 0 spiro atoms. The number of hydrogen-bond acceptors (Lipinski definition) is 9. The van der Waals surface area contributed by atoms with Crippen LogP contribution in [0.1, 0.15) is 65.5 Å². The Morgan fingerprint density at radius 1 is 0.846 bits per heavy atom. The summed E-state index contributed by atoms with van der Waals surface area (Å²) in [7, 11) is 2.48. The van der Waals surface area contributed by atoms with Crippen LogP contribution >= 0.6 is 0 Å². The number of aromatic nitrogens is 1. The van der Waals surface area contributed by atoms with Gasteiger partial charge in [0.05, 0.1) is 44.4 Å². The van der Waals surface area contributed by atoms with E-state index in [0.717, 1.165) is 16.8 Å². The maximum atomic E-state index is 13.9. The molecule has 0 aliphatic heterocycles. The first-order valence-electron chi connectivity index (χ1n) is 17.3. The average Bonchev–Trinajstić information content (AvgIpc) is 3.09. The van der Waals surface area contributed by atoms with Crippen molar-refractivity contribution in [1.82, 2.24) is 20.7 Å². The predicted molar refractivity (Wildman–Crippen MR) is 196 cm³/mol. The summed E-state index contributed by atoms with van der Waals surface area (Å²) < 4.78 is 23.5. The first kappa shape index (κ1) is 41.7. The van der Waals surface area contributed by atoms with Crippen molar-refractivity contribution in [2.75, 3.05) is 20.8 Å². The molecule has 1 heterocycles. The summed E-state index contributed by atoms with van der Waals surface area (Å²) >= 11 is 0. The van der Waals surface area contributed by atoms with E-state index in [-0.39, 0.29) is 38.1 Å². The minimum atomic E-state index is -1.19. The number of benzene rings is 2. The minimum absolute atomic E-state index is 0.105. The van der Waals surface area contributed by atoms with Crippen molar-refractivity contribution in [3.8, 4) is 11.3 Å². The van der Waals surface area contributed by atoms with Crippen LogP contribution in [0.25, 0.3) is 11.3 Å². The third-order valence-electron chi connectivity index (χ3n) is 8.98. The Labute approximate surface area is 306 Å². The van der Waals surface area contributed by atoms with Crippen LogP contribution in [0.4, 0.5) is 9.18 Å². The Balaban J connectivity index is 1.97. The number of aliphatic hydroxyl groups is 1. The number of rotatable bonds is 16. The van der Waals surface area contributed by atoms with Crippen LogP contribution in [-0.2, 0) is 36.8 Å². The topological polar surface area (TPSA) is 147 Å². The number of nitrogens with zero attached hydrogens (tertiary/aromatic N) is 2. The third kappa shape index (κ3) is 12.8. The number of ketones is 1. The second-order valence-electron chi connectivity index (χ2n) is 15.2. The minimum Gasteiger partial charge on any atom is -0.469 e. The number of Topliss-reactive ketones (excluding diaryl/α,β-unsaturated/α-hetero) is 1. The highest BCUT2D eigenvalue weighted by molar-refractivity contribution is 5.88. The van der Waals surface area contributed by atoms with E-state index in [2.05, 4.69) is 15.7 Å². The third-order valence-corrected chi connectivity index (χ3v) is 8.98. The highest BCUT2D eigenvalue weighted by Gasteiger charge is 2.37. The number of halogens is 1. The van der Waals surface area contributed by atoms with Crippen molar-refractivity contribution in [2.24, 2.45) is 22.7 Å². The molecule has 0 aliphatic carbocycles. The lowest BCUT2D eigenvalue weighted by Crippen LogP contribution is -2.52. The molecule has 0 aliphatic rings. The van der Waals surface area contributed by atoms with Crippen LogP contribution in [-0.4, -0.2) is 71.8 Å². The summed E-state index contributed by atoms with van der Waals surface area (Å²) in [6.07, 6.45) is -0.316. The van der Waals surface area contributed by atoms with Gasteiger partial charge in [0.25, 0.3) is 0 Å². The highest BCUT2D eigenvalue weighted by Crippen LogP contribution is 2.30. The number of esters is 1. The molecule has 0 radical (unpaired) electrons. The molecule has 52 heavy (non-hydrogen) atoms. The Morgan fingerprint density at radius 2 is 1.48 bits per heavy atom. The first-order valence-corrected chi connectivity index (χ1v) is 17.3. The van der Waals surface area contributed by atoms with Gasteiger partial charge in [0.15, 0.2) is 5.78 Å². The molecule has 0 bridgehead atoms. The van der Waals surface area contributed by atoms with E-state index in [1.54, 1.807) is 23.3 Å². The van der Waals surface area contributed by atoms with Gasteiger partial charge in [0.1, 0.15) is 5.82 Å². The molecule has 11 nitrogen and oxygen atoms in total. The van der Waals surface area contributed by atoms with Crippen LogP contribution in [0.5, 0.6) is 0 Å². The van der Waals surface area contributed by atoms with Gasteiger partial charge in [-0.15, -0.1) is 0 Å². The Hall–Kier alpha value is -4.68. The van der Waals surface area contributed by atoms with E-state index in [1.807, 2.05) is 84.0 Å². The molecule has 0 saturated heterocycles. The lowest BCUT2D eigenvalue weighted by Gasteiger charge is -2.35. The summed E-state index contributed by atoms with van der Waals surface area (Å²) in [4.78, 5) is 56.7.